The molecule has 3 atom stereocenters. The van der Waals surface area contributed by atoms with Crippen molar-refractivity contribution in [1.29, 1.82) is 0 Å². The van der Waals surface area contributed by atoms with Crippen LogP contribution in [0.15, 0.2) is 30.3 Å². The van der Waals surface area contributed by atoms with Gasteiger partial charge in [-0.15, -0.1) is 0 Å². The van der Waals surface area contributed by atoms with Gasteiger partial charge in [0.05, 0.1) is 5.92 Å². The summed E-state index contributed by atoms with van der Waals surface area (Å²) >= 11 is 0. The summed E-state index contributed by atoms with van der Waals surface area (Å²) in [5.74, 6) is 0.104. The largest absolute Gasteiger partial charge is 0.296 e. The van der Waals surface area contributed by atoms with Crippen molar-refractivity contribution >= 4 is 11.8 Å². The molecule has 106 valence electrons. The average molecular weight is 271 g/mol. The molecule has 1 heterocycles. The molecule has 3 rings (SSSR count). The Morgan fingerprint density at radius 1 is 1.25 bits per heavy atom. The zero-order chi connectivity index (χ0) is 14.2. The van der Waals surface area contributed by atoms with E-state index in [4.69, 9.17) is 0 Å². The van der Waals surface area contributed by atoms with E-state index in [1.54, 1.807) is 0 Å². The summed E-state index contributed by atoms with van der Waals surface area (Å²) in [4.78, 5) is 24.4. The van der Waals surface area contributed by atoms with Crippen LogP contribution in [0.3, 0.4) is 0 Å². The fourth-order valence-electron chi connectivity index (χ4n) is 4.44. The second kappa shape index (κ2) is 5.04. The van der Waals surface area contributed by atoms with Crippen molar-refractivity contribution in [3.8, 4) is 0 Å². The third kappa shape index (κ3) is 1.96. The smallest absolute Gasteiger partial charge is 0.234 e. The lowest BCUT2D eigenvalue weighted by Crippen LogP contribution is -2.52. The number of hydrogen-bond acceptors (Lipinski definition) is 2. The predicted molar refractivity (Wildman–Crippen MR) is 77.0 cm³/mol. The summed E-state index contributed by atoms with van der Waals surface area (Å²) in [7, 11) is 0. The molecule has 1 aromatic rings. The molecule has 20 heavy (non-hydrogen) atoms. The molecular formula is C17H21NO2. The van der Waals surface area contributed by atoms with Gasteiger partial charge in [0.15, 0.2) is 0 Å². The number of nitrogens with one attached hydrogen (secondary N) is 1. The van der Waals surface area contributed by atoms with Crippen LogP contribution < -0.4 is 5.32 Å². The van der Waals surface area contributed by atoms with Gasteiger partial charge in [-0.05, 0) is 29.7 Å². The topological polar surface area (TPSA) is 46.2 Å². The van der Waals surface area contributed by atoms with Gasteiger partial charge < -0.3 is 0 Å². The van der Waals surface area contributed by atoms with E-state index in [-0.39, 0.29) is 23.1 Å². The van der Waals surface area contributed by atoms with E-state index in [9.17, 15) is 9.59 Å². The van der Waals surface area contributed by atoms with Crippen molar-refractivity contribution in [2.24, 2.45) is 11.3 Å². The Labute approximate surface area is 119 Å². The number of carbonyl (C=O) groups is 2. The molecule has 1 aromatic carbocycles. The molecule has 0 bridgehead atoms. The zero-order valence-electron chi connectivity index (χ0n) is 11.9. The van der Waals surface area contributed by atoms with Gasteiger partial charge in [-0.1, -0.05) is 50.1 Å². The number of rotatable bonds is 2. The van der Waals surface area contributed by atoms with Crippen molar-refractivity contribution in [3.05, 3.63) is 35.9 Å². The minimum absolute atomic E-state index is 0.0949. The van der Waals surface area contributed by atoms with Gasteiger partial charge in [0.2, 0.25) is 11.8 Å². The maximum Gasteiger partial charge on any atom is 0.234 e. The molecule has 1 aliphatic heterocycles. The Morgan fingerprint density at radius 2 is 2.00 bits per heavy atom. The molecule has 2 fully saturated rings. The van der Waals surface area contributed by atoms with Crippen LogP contribution in [-0.2, 0) is 9.59 Å². The molecule has 0 radical (unpaired) electrons. The first-order valence-electron chi connectivity index (χ1n) is 7.56. The Kier molecular flexibility index (Phi) is 3.36. The minimum atomic E-state index is -0.172. The Morgan fingerprint density at radius 3 is 2.70 bits per heavy atom. The standard InChI is InChI=1S/C17H21NO2/c1-2-13-9-6-10-17(13)11-14(19)18-16(20)15(17)12-7-4-3-5-8-12/h3-5,7-8,13,15H,2,6,9-11H2,1H3,(H,18,19,20). The number of amides is 2. The number of carbonyl (C=O) groups excluding carboxylic acids is 2. The van der Waals surface area contributed by atoms with Crippen LogP contribution in [0.5, 0.6) is 0 Å². The second-order valence-corrected chi connectivity index (χ2v) is 6.16. The van der Waals surface area contributed by atoms with Crippen LogP contribution in [0.25, 0.3) is 0 Å². The van der Waals surface area contributed by atoms with E-state index in [1.165, 1.54) is 0 Å². The maximum absolute atomic E-state index is 12.5. The third-order valence-electron chi connectivity index (χ3n) is 5.22. The molecule has 1 N–H and O–H groups in total. The Hall–Kier alpha value is -1.64. The van der Waals surface area contributed by atoms with Crippen molar-refractivity contribution < 1.29 is 9.59 Å². The van der Waals surface area contributed by atoms with E-state index in [1.807, 2.05) is 30.3 Å². The summed E-state index contributed by atoms with van der Waals surface area (Å²) in [5.41, 5.74) is 0.896. The van der Waals surface area contributed by atoms with Crippen LogP contribution in [0.4, 0.5) is 0 Å². The monoisotopic (exact) mass is 271 g/mol. The highest BCUT2D eigenvalue weighted by atomic mass is 16.2. The zero-order valence-corrected chi connectivity index (χ0v) is 11.9. The lowest BCUT2D eigenvalue weighted by Gasteiger charge is -2.44. The van der Waals surface area contributed by atoms with Crippen LogP contribution >= 0.6 is 0 Å². The number of benzene rings is 1. The molecule has 1 saturated carbocycles. The van der Waals surface area contributed by atoms with E-state index >= 15 is 0 Å². The van der Waals surface area contributed by atoms with Gasteiger partial charge in [0.25, 0.3) is 0 Å². The van der Waals surface area contributed by atoms with Gasteiger partial charge in [-0.3, -0.25) is 14.9 Å². The highest BCUT2D eigenvalue weighted by Gasteiger charge is 2.54. The maximum atomic E-state index is 12.5. The second-order valence-electron chi connectivity index (χ2n) is 6.16. The number of hydrogen-bond donors (Lipinski definition) is 1. The number of imide groups is 1. The fourth-order valence-corrected chi connectivity index (χ4v) is 4.44. The molecule has 0 aromatic heterocycles. The van der Waals surface area contributed by atoms with Gasteiger partial charge in [-0.25, -0.2) is 0 Å². The molecule has 1 aliphatic carbocycles. The first kappa shape index (κ1) is 13.3. The van der Waals surface area contributed by atoms with Crippen molar-refractivity contribution in [2.75, 3.05) is 0 Å². The SMILES string of the molecule is CCC1CCCC12CC(=O)NC(=O)C2c1ccccc1. The number of piperidine rings is 1. The summed E-state index contributed by atoms with van der Waals surface area (Å²) in [6.07, 6.45) is 4.80. The highest BCUT2D eigenvalue weighted by Crippen LogP contribution is 2.57. The Bertz CT molecular complexity index is 525. The highest BCUT2D eigenvalue weighted by molar-refractivity contribution is 6.02. The van der Waals surface area contributed by atoms with Crippen LogP contribution in [0.2, 0.25) is 0 Å². The van der Waals surface area contributed by atoms with E-state index < -0.39 is 0 Å². The first-order valence-corrected chi connectivity index (χ1v) is 7.56. The quantitative estimate of drug-likeness (QED) is 0.840. The predicted octanol–water partition coefficient (Wildman–Crippen LogP) is 3.01. The Balaban J connectivity index is 2.07. The molecule has 3 heteroatoms. The van der Waals surface area contributed by atoms with Crippen molar-refractivity contribution in [3.63, 3.8) is 0 Å². The molecule has 2 aliphatic rings. The van der Waals surface area contributed by atoms with Crippen LogP contribution in [0.1, 0.15) is 50.5 Å². The van der Waals surface area contributed by atoms with Gasteiger partial charge in [0, 0.05) is 6.42 Å². The molecular weight excluding hydrogens is 250 g/mol. The van der Waals surface area contributed by atoms with Gasteiger partial charge in [-0.2, -0.15) is 0 Å². The summed E-state index contributed by atoms with van der Waals surface area (Å²) in [6, 6.07) is 9.96. The molecule has 2 amide bonds. The lowest BCUT2D eigenvalue weighted by atomic mass is 9.61. The van der Waals surface area contributed by atoms with Crippen LogP contribution in [-0.4, -0.2) is 11.8 Å². The normalized spacial score (nSPS) is 33.5. The first-order chi connectivity index (χ1) is 9.67. The van der Waals surface area contributed by atoms with Gasteiger partial charge >= 0.3 is 0 Å². The molecule has 3 nitrogen and oxygen atoms in total. The summed E-state index contributed by atoms with van der Waals surface area (Å²) in [5, 5.41) is 2.55. The van der Waals surface area contributed by atoms with E-state index in [2.05, 4.69) is 12.2 Å². The van der Waals surface area contributed by atoms with Crippen molar-refractivity contribution in [2.45, 2.75) is 44.9 Å². The fraction of sp³-hybridized carbons (Fsp3) is 0.529. The third-order valence-corrected chi connectivity index (χ3v) is 5.22. The summed E-state index contributed by atoms with van der Waals surface area (Å²) < 4.78 is 0. The van der Waals surface area contributed by atoms with E-state index in [0.717, 1.165) is 31.2 Å². The average Bonchev–Trinajstić information content (AvgIpc) is 2.81. The molecule has 3 unspecified atom stereocenters. The lowest BCUT2D eigenvalue weighted by molar-refractivity contribution is -0.141. The molecule has 1 spiro atoms. The van der Waals surface area contributed by atoms with Crippen LogP contribution in [0, 0.1) is 11.3 Å². The van der Waals surface area contributed by atoms with Gasteiger partial charge in [0.1, 0.15) is 0 Å². The van der Waals surface area contributed by atoms with Crippen molar-refractivity contribution in [1.82, 2.24) is 5.32 Å². The molecule has 1 saturated heterocycles. The minimum Gasteiger partial charge on any atom is -0.296 e. The van der Waals surface area contributed by atoms with E-state index in [0.29, 0.717) is 12.3 Å². The summed E-state index contributed by atoms with van der Waals surface area (Å²) in [6.45, 7) is 2.18.